The monoisotopic (exact) mass is 380 g/mol. The molecular formula is C17H31F3N4S. The van der Waals surface area contributed by atoms with Crippen LogP contribution in [0.25, 0.3) is 0 Å². The first-order valence-corrected chi connectivity index (χ1v) is 10.3. The molecule has 2 heterocycles. The molecule has 1 atom stereocenters. The summed E-state index contributed by atoms with van der Waals surface area (Å²) in [6, 6.07) is 0. The lowest BCUT2D eigenvalue weighted by Crippen LogP contribution is -2.48. The minimum Gasteiger partial charge on any atom is -0.356 e. The lowest BCUT2D eigenvalue weighted by molar-refractivity contribution is -0.148. The number of nitrogens with zero attached hydrogens (tertiary/aromatic N) is 3. The second kappa shape index (κ2) is 9.90. The molecule has 2 fully saturated rings. The molecule has 0 aromatic rings. The third-order valence-electron chi connectivity index (χ3n) is 5.05. The lowest BCUT2D eigenvalue weighted by Gasteiger charge is -2.35. The summed E-state index contributed by atoms with van der Waals surface area (Å²) in [5.74, 6) is 2.61. The van der Waals surface area contributed by atoms with E-state index >= 15 is 0 Å². The van der Waals surface area contributed by atoms with Crippen molar-refractivity contribution in [3.05, 3.63) is 0 Å². The SMILES string of the molecule is CCC1CN(C(=NC)NCCC2CCN(CC(F)(F)F)CC2)CCS1. The third-order valence-corrected chi connectivity index (χ3v) is 6.42. The fourth-order valence-corrected chi connectivity index (χ4v) is 4.75. The molecule has 0 aromatic carbocycles. The molecule has 146 valence electrons. The van der Waals surface area contributed by atoms with E-state index in [0.717, 1.165) is 50.6 Å². The summed E-state index contributed by atoms with van der Waals surface area (Å²) in [4.78, 5) is 8.26. The number of aliphatic imine (C=N–C) groups is 1. The molecule has 25 heavy (non-hydrogen) atoms. The molecule has 1 N–H and O–H groups in total. The van der Waals surface area contributed by atoms with E-state index in [1.807, 2.05) is 18.8 Å². The van der Waals surface area contributed by atoms with E-state index in [4.69, 9.17) is 0 Å². The van der Waals surface area contributed by atoms with Crippen molar-refractivity contribution in [2.75, 3.05) is 52.1 Å². The van der Waals surface area contributed by atoms with Crippen molar-refractivity contribution in [3.8, 4) is 0 Å². The van der Waals surface area contributed by atoms with E-state index in [0.29, 0.717) is 24.3 Å². The van der Waals surface area contributed by atoms with Gasteiger partial charge in [-0.1, -0.05) is 6.92 Å². The first-order valence-electron chi connectivity index (χ1n) is 9.27. The van der Waals surface area contributed by atoms with Crippen LogP contribution in [0.4, 0.5) is 13.2 Å². The Balaban J connectivity index is 1.66. The van der Waals surface area contributed by atoms with E-state index in [-0.39, 0.29) is 0 Å². The van der Waals surface area contributed by atoms with Crippen LogP contribution < -0.4 is 5.32 Å². The molecule has 2 aliphatic heterocycles. The van der Waals surface area contributed by atoms with Gasteiger partial charge in [-0.05, 0) is 44.7 Å². The Morgan fingerprint density at radius 1 is 1.24 bits per heavy atom. The predicted octanol–water partition coefficient (Wildman–Crippen LogP) is 3.05. The van der Waals surface area contributed by atoms with Gasteiger partial charge in [0.1, 0.15) is 0 Å². The topological polar surface area (TPSA) is 30.9 Å². The van der Waals surface area contributed by atoms with Crippen molar-refractivity contribution in [1.29, 1.82) is 0 Å². The minimum absolute atomic E-state index is 0.510. The van der Waals surface area contributed by atoms with Crippen molar-refractivity contribution in [1.82, 2.24) is 15.1 Å². The summed E-state index contributed by atoms with van der Waals surface area (Å²) in [5, 5.41) is 4.13. The van der Waals surface area contributed by atoms with Crippen LogP contribution in [0.5, 0.6) is 0 Å². The van der Waals surface area contributed by atoms with Crippen molar-refractivity contribution in [2.24, 2.45) is 10.9 Å². The van der Waals surface area contributed by atoms with E-state index in [1.165, 1.54) is 11.3 Å². The number of likely N-dealkylation sites (tertiary alicyclic amines) is 1. The highest BCUT2D eigenvalue weighted by Crippen LogP contribution is 2.24. The van der Waals surface area contributed by atoms with Gasteiger partial charge in [-0.15, -0.1) is 0 Å². The molecule has 1 unspecified atom stereocenters. The summed E-state index contributed by atoms with van der Waals surface area (Å²) in [5.41, 5.74) is 0. The fraction of sp³-hybridized carbons (Fsp3) is 0.941. The molecule has 0 aromatic heterocycles. The first kappa shape index (κ1) is 20.7. The maximum absolute atomic E-state index is 12.4. The molecule has 0 saturated carbocycles. The molecule has 0 aliphatic carbocycles. The lowest BCUT2D eigenvalue weighted by atomic mass is 9.93. The first-order chi connectivity index (χ1) is 11.9. The van der Waals surface area contributed by atoms with E-state index in [2.05, 4.69) is 22.1 Å². The molecule has 4 nitrogen and oxygen atoms in total. The maximum Gasteiger partial charge on any atom is 0.401 e. The van der Waals surface area contributed by atoms with E-state index < -0.39 is 12.7 Å². The predicted molar refractivity (Wildman–Crippen MR) is 99.3 cm³/mol. The average Bonchev–Trinajstić information content (AvgIpc) is 2.59. The van der Waals surface area contributed by atoms with Crippen molar-refractivity contribution in [2.45, 2.75) is 44.0 Å². The van der Waals surface area contributed by atoms with Crippen LogP contribution in [0.2, 0.25) is 0 Å². The minimum atomic E-state index is -4.08. The molecule has 0 radical (unpaired) electrons. The van der Waals surface area contributed by atoms with Gasteiger partial charge in [-0.25, -0.2) is 0 Å². The van der Waals surface area contributed by atoms with Crippen molar-refractivity contribution in [3.63, 3.8) is 0 Å². The Labute approximate surface area is 153 Å². The number of alkyl halides is 3. The van der Waals surface area contributed by atoms with Gasteiger partial charge in [0.05, 0.1) is 6.54 Å². The van der Waals surface area contributed by atoms with Gasteiger partial charge in [-0.3, -0.25) is 9.89 Å². The molecular weight excluding hydrogens is 349 g/mol. The summed E-state index contributed by atoms with van der Waals surface area (Å²) < 4.78 is 37.3. The van der Waals surface area contributed by atoms with Crippen LogP contribution in [-0.4, -0.2) is 79.3 Å². The molecule has 0 amide bonds. The summed E-state index contributed by atoms with van der Waals surface area (Å²) >= 11 is 2.04. The molecule has 2 rings (SSSR count). The van der Waals surface area contributed by atoms with Crippen LogP contribution in [0.15, 0.2) is 4.99 Å². The van der Waals surface area contributed by atoms with Gasteiger partial charge in [-0.2, -0.15) is 24.9 Å². The van der Waals surface area contributed by atoms with Gasteiger partial charge in [0.15, 0.2) is 5.96 Å². The molecule has 2 saturated heterocycles. The largest absolute Gasteiger partial charge is 0.401 e. The van der Waals surface area contributed by atoms with Crippen LogP contribution in [0.3, 0.4) is 0 Å². The summed E-state index contributed by atoms with van der Waals surface area (Å²) in [7, 11) is 1.82. The van der Waals surface area contributed by atoms with Gasteiger partial charge in [0.25, 0.3) is 0 Å². The fourth-order valence-electron chi connectivity index (χ4n) is 3.57. The van der Waals surface area contributed by atoms with Gasteiger partial charge < -0.3 is 10.2 Å². The Morgan fingerprint density at radius 2 is 1.96 bits per heavy atom. The average molecular weight is 381 g/mol. The number of hydrogen-bond donors (Lipinski definition) is 1. The maximum atomic E-state index is 12.4. The molecule has 0 spiro atoms. The standard InChI is InChI=1S/C17H31F3N4S/c1-3-15-12-24(10-11-25-15)16(21-2)22-7-4-14-5-8-23(9-6-14)13-17(18,19)20/h14-15H,3-13H2,1-2H3,(H,21,22). The molecule has 2 aliphatic rings. The smallest absolute Gasteiger partial charge is 0.356 e. The second-order valence-corrected chi connectivity index (χ2v) is 8.35. The highest BCUT2D eigenvalue weighted by molar-refractivity contribution is 8.00. The Bertz CT molecular complexity index is 423. The number of rotatable bonds is 5. The third kappa shape index (κ3) is 7.25. The number of hydrogen-bond acceptors (Lipinski definition) is 3. The number of halogens is 3. The highest BCUT2D eigenvalue weighted by Gasteiger charge is 2.32. The number of nitrogens with one attached hydrogen (secondary N) is 1. The Kier molecular flexibility index (Phi) is 8.19. The van der Waals surface area contributed by atoms with Gasteiger partial charge in [0, 0.05) is 37.7 Å². The Morgan fingerprint density at radius 3 is 2.56 bits per heavy atom. The molecule has 0 bridgehead atoms. The van der Waals surface area contributed by atoms with Crippen molar-refractivity contribution < 1.29 is 13.2 Å². The summed E-state index contributed by atoms with van der Waals surface area (Å²) in [6.45, 7) is 5.48. The Hall–Kier alpha value is -0.630. The van der Waals surface area contributed by atoms with Crippen LogP contribution in [-0.2, 0) is 0 Å². The number of guanidine groups is 1. The number of piperidine rings is 1. The van der Waals surface area contributed by atoms with Crippen LogP contribution >= 0.6 is 11.8 Å². The summed E-state index contributed by atoms with van der Waals surface area (Å²) in [6.07, 6.45) is -0.194. The zero-order valence-electron chi connectivity index (χ0n) is 15.3. The second-order valence-electron chi connectivity index (χ2n) is 6.94. The van der Waals surface area contributed by atoms with Crippen molar-refractivity contribution >= 4 is 17.7 Å². The normalized spacial score (nSPS) is 24.6. The quantitative estimate of drug-likeness (QED) is 0.587. The highest BCUT2D eigenvalue weighted by atomic mass is 32.2. The molecule has 8 heteroatoms. The zero-order valence-corrected chi connectivity index (χ0v) is 16.1. The van der Waals surface area contributed by atoms with E-state index in [9.17, 15) is 13.2 Å². The van der Waals surface area contributed by atoms with E-state index in [1.54, 1.807) is 0 Å². The zero-order chi connectivity index (χ0) is 18.3. The van der Waals surface area contributed by atoms with Gasteiger partial charge in [0.2, 0.25) is 0 Å². The number of thioether (sulfide) groups is 1. The van der Waals surface area contributed by atoms with Gasteiger partial charge >= 0.3 is 6.18 Å². The van der Waals surface area contributed by atoms with Crippen LogP contribution in [0.1, 0.15) is 32.6 Å². The van der Waals surface area contributed by atoms with Crippen LogP contribution in [0, 0.1) is 5.92 Å².